The average molecular weight is 999 g/mol. The van der Waals surface area contributed by atoms with Crippen molar-refractivity contribution in [3.8, 4) is 23.0 Å². The molecule has 72 heavy (non-hydrogen) atoms. The van der Waals surface area contributed by atoms with Crippen LogP contribution < -0.4 is 29.6 Å². The van der Waals surface area contributed by atoms with E-state index in [0.717, 1.165) is 0 Å². The molecule has 2 atom stereocenters. The molecule has 0 radical (unpaired) electrons. The largest absolute Gasteiger partial charge is 0.497 e. The average Bonchev–Trinajstić information content (AvgIpc) is 3.38. The third-order valence-electron chi connectivity index (χ3n) is 10.1. The topological polar surface area (TPSA) is 236 Å². The van der Waals surface area contributed by atoms with E-state index in [1.165, 1.54) is 37.6 Å². The Labute approximate surface area is 418 Å². The second-order valence-corrected chi connectivity index (χ2v) is 15.4. The summed E-state index contributed by atoms with van der Waals surface area (Å²) in [7, 11) is 3.10. The highest BCUT2D eigenvalue weighted by molar-refractivity contribution is 5.97. The van der Waals surface area contributed by atoms with Crippen LogP contribution >= 0.6 is 0 Å². The van der Waals surface area contributed by atoms with Crippen LogP contribution in [0.3, 0.4) is 0 Å². The van der Waals surface area contributed by atoms with Gasteiger partial charge in [0.25, 0.3) is 11.8 Å². The number of allylic oxidation sites excluding steroid dienone is 1. The van der Waals surface area contributed by atoms with Gasteiger partial charge in [-0.3, -0.25) is 24.0 Å². The highest BCUT2D eigenvalue weighted by Gasteiger charge is 2.25. The standard InChI is InChI=1S/C53H62N2O17/c1-5-67-52(61)45(54-50(59)39-14-22-41(64-4)23-15-39)35-37-10-18-43(19-11-37)71-48(57)9-7-8-28-69-42-24-16-40(17-25-42)51(60)55-46(53(62)68-6-2)36-38-12-20-44(21-13-38)72-49(58)27-26-47(56)70-34-33-66-32-31-65-30-29-63-3/h8,10-25,28,45-46H,5-7,9,26-27,29-36H2,1-4H3,(H,54,59)(H,55,60)/b28-8+. The first-order chi connectivity index (χ1) is 34.9. The van der Waals surface area contributed by atoms with E-state index >= 15 is 0 Å². The van der Waals surface area contributed by atoms with Crippen molar-refractivity contribution in [1.29, 1.82) is 0 Å². The van der Waals surface area contributed by atoms with Crippen LogP contribution in [0, 0.1) is 0 Å². The minimum atomic E-state index is -1.04. The molecule has 4 aromatic rings. The lowest BCUT2D eigenvalue weighted by atomic mass is 10.0. The summed E-state index contributed by atoms with van der Waals surface area (Å²) < 4.78 is 52.5. The Balaban J connectivity index is 1.16. The van der Waals surface area contributed by atoms with Crippen molar-refractivity contribution in [2.45, 2.75) is 64.5 Å². The zero-order chi connectivity index (χ0) is 51.9. The molecule has 0 heterocycles. The van der Waals surface area contributed by atoms with Gasteiger partial charge < -0.3 is 58.0 Å². The van der Waals surface area contributed by atoms with Gasteiger partial charge in [0.2, 0.25) is 0 Å². The van der Waals surface area contributed by atoms with Gasteiger partial charge in [-0.1, -0.05) is 24.3 Å². The molecule has 0 saturated carbocycles. The molecule has 0 spiro atoms. The minimum absolute atomic E-state index is 0.0391. The zero-order valence-corrected chi connectivity index (χ0v) is 40.9. The minimum Gasteiger partial charge on any atom is -0.497 e. The Morgan fingerprint density at radius 2 is 0.917 bits per heavy atom. The summed E-state index contributed by atoms with van der Waals surface area (Å²) in [6, 6.07) is 23.6. The van der Waals surface area contributed by atoms with Crippen molar-refractivity contribution in [2.24, 2.45) is 0 Å². The number of methoxy groups -OCH3 is 2. The van der Waals surface area contributed by atoms with Crippen molar-refractivity contribution in [2.75, 3.05) is 67.1 Å². The number of hydrogen-bond donors (Lipinski definition) is 2. The molecular formula is C53H62N2O17. The molecule has 2 N–H and O–H groups in total. The van der Waals surface area contributed by atoms with Crippen LogP contribution in [0.4, 0.5) is 0 Å². The molecule has 19 heteroatoms. The van der Waals surface area contributed by atoms with E-state index in [0.29, 0.717) is 66.8 Å². The molecular weight excluding hydrogens is 937 g/mol. The van der Waals surface area contributed by atoms with Gasteiger partial charge in [0.05, 0.1) is 72.5 Å². The second-order valence-electron chi connectivity index (χ2n) is 15.4. The molecule has 0 aliphatic rings. The maximum absolute atomic E-state index is 13.2. The van der Waals surface area contributed by atoms with Crippen LogP contribution in [0.5, 0.6) is 23.0 Å². The first-order valence-electron chi connectivity index (χ1n) is 23.3. The number of ether oxygens (including phenoxy) is 10. The van der Waals surface area contributed by atoms with Crippen LogP contribution in [0.25, 0.3) is 0 Å². The number of carbonyl (C=O) groups excluding carboxylic acids is 7. The fourth-order valence-corrected chi connectivity index (χ4v) is 6.36. The first-order valence-corrected chi connectivity index (χ1v) is 23.3. The van der Waals surface area contributed by atoms with Crippen molar-refractivity contribution < 1.29 is 80.9 Å². The van der Waals surface area contributed by atoms with Gasteiger partial charge in [-0.2, -0.15) is 0 Å². The fourth-order valence-electron chi connectivity index (χ4n) is 6.36. The second kappa shape index (κ2) is 32.3. The highest BCUT2D eigenvalue weighted by atomic mass is 16.6. The molecule has 0 aliphatic carbocycles. The number of hydrogen-bond acceptors (Lipinski definition) is 17. The monoisotopic (exact) mass is 998 g/mol. The SMILES string of the molecule is CCOC(=O)C(Cc1ccc(OC(=O)CC/C=C/Oc2ccc(C(=O)NC(Cc3ccc(OC(=O)CCC(=O)OCCOCCOCCOC)cc3)C(=O)OCC)cc2)cc1)NC(=O)c1ccc(OC)cc1. The van der Waals surface area contributed by atoms with Gasteiger partial charge in [-0.05, 0) is 110 Å². The predicted molar refractivity (Wildman–Crippen MR) is 259 cm³/mol. The molecule has 2 unspecified atom stereocenters. The predicted octanol–water partition coefficient (Wildman–Crippen LogP) is 5.69. The molecule has 4 aromatic carbocycles. The normalized spacial score (nSPS) is 11.7. The maximum atomic E-state index is 13.2. The lowest BCUT2D eigenvalue weighted by Gasteiger charge is -2.18. The number of benzene rings is 4. The van der Waals surface area contributed by atoms with E-state index in [1.807, 2.05) is 0 Å². The van der Waals surface area contributed by atoms with Gasteiger partial charge in [0.15, 0.2) is 0 Å². The number of rotatable bonds is 32. The van der Waals surface area contributed by atoms with Crippen molar-refractivity contribution in [3.05, 3.63) is 132 Å². The third kappa shape index (κ3) is 21.6. The smallest absolute Gasteiger partial charge is 0.328 e. The number of esters is 5. The molecule has 0 saturated heterocycles. The van der Waals surface area contributed by atoms with E-state index in [-0.39, 0.29) is 69.8 Å². The Kier molecular flexibility index (Phi) is 25.6. The fraction of sp³-hybridized carbons (Fsp3) is 0.377. The van der Waals surface area contributed by atoms with Crippen molar-refractivity contribution >= 4 is 41.7 Å². The van der Waals surface area contributed by atoms with Crippen LogP contribution in [0.15, 0.2) is 109 Å². The summed E-state index contributed by atoms with van der Waals surface area (Å²) >= 11 is 0. The summed E-state index contributed by atoms with van der Waals surface area (Å²) in [6.07, 6.45) is 3.26. The Morgan fingerprint density at radius 3 is 1.39 bits per heavy atom. The number of carbonyl (C=O) groups is 7. The van der Waals surface area contributed by atoms with Crippen LogP contribution in [-0.2, 0) is 65.2 Å². The van der Waals surface area contributed by atoms with Crippen LogP contribution in [0.2, 0.25) is 0 Å². The number of amides is 2. The quantitative estimate of drug-likeness (QED) is 0.0197. The lowest BCUT2D eigenvalue weighted by molar-refractivity contribution is -0.148. The Bertz CT molecular complexity index is 2350. The first kappa shape index (κ1) is 57.0. The molecule has 19 nitrogen and oxygen atoms in total. The highest BCUT2D eigenvalue weighted by Crippen LogP contribution is 2.19. The molecule has 0 bridgehead atoms. The zero-order valence-electron chi connectivity index (χ0n) is 40.9. The molecule has 0 aliphatic heterocycles. The maximum Gasteiger partial charge on any atom is 0.328 e. The summed E-state index contributed by atoms with van der Waals surface area (Å²) in [5, 5.41) is 5.45. The molecule has 0 aromatic heterocycles. The molecule has 386 valence electrons. The summed E-state index contributed by atoms with van der Waals surface area (Å²) in [5.41, 5.74) is 1.95. The van der Waals surface area contributed by atoms with Crippen molar-refractivity contribution in [1.82, 2.24) is 10.6 Å². The third-order valence-corrected chi connectivity index (χ3v) is 10.1. The van der Waals surface area contributed by atoms with Gasteiger partial charge in [0.1, 0.15) is 41.7 Å². The molecule has 4 rings (SSSR count). The van der Waals surface area contributed by atoms with Crippen LogP contribution in [0.1, 0.15) is 71.4 Å². The van der Waals surface area contributed by atoms with Crippen LogP contribution in [-0.4, -0.2) is 121 Å². The molecule has 0 fully saturated rings. The summed E-state index contributed by atoms with van der Waals surface area (Å²) in [5.74, 6) is -2.35. The van der Waals surface area contributed by atoms with E-state index in [4.69, 9.17) is 47.4 Å². The Hall–Kier alpha value is -7.61. The van der Waals surface area contributed by atoms with Gasteiger partial charge in [-0.15, -0.1) is 0 Å². The summed E-state index contributed by atoms with van der Waals surface area (Å²) in [6.45, 7) is 5.49. The Morgan fingerprint density at radius 1 is 0.486 bits per heavy atom. The van der Waals surface area contributed by atoms with Crippen molar-refractivity contribution in [3.63, 3.8) is 0 Å². The van der Waals surface area contributed by atoms with E-state index in [1.54, 1.807) is 99.8 Å². The van der Waals surface area contributed by atoms with E-state index in [2.05, 4.69) is 10.6 Å². The molecule has 2 amide bonds. The summed E-state index contributed by atoms with van der Waals surface area (Å²) in [4.78, 5) is 88.6. The van der Waals surface area contributed by atoms with E-state index in [9.17, 15) is 33.6 Å². The van der Waals surface area contributed by atoms with Gasteiger partial charge >= 0.3 is 29.8 Å². The van der Waals surface area contributed by atoms with Gasteiger partial charge in [-0.25, -0.2) is 9.59 Å². The van der Waals surface area contributed by atoms with Gasteiger partial charge in [0, 0.05) is 37.5 Å². The lowest BCUT2D eigenvalue weighted by Crippen LogP contribution is -2.43. The number of nitrogens with one attached hydrogen (secondary N) is 2. The van der Waals surface area contributed by atoms with E-state index < -0.39 is 53.7 Å².